The number of hydrogen-bond donors (Lipinski definition) is 0. The maximum atomic E-state index is 0. The largest absolute Gasteiger partial charge is 0 e. The summed E-state index contributed by atoms with van der Waals surface area (Å²) in [7, 11) is 0. The van der Waals surface area contributed by atoms with Crippen LogP contribution in [0.2, 0.25) is 0 Å². The zero-order valence-corrected chi connectivity index (χ0v) is 22.5. The standard InChI is InChI=1S/3Pb.5Pd. The first kappa shape index (κ1) is 65.2. The van der Waals surface area contributed by atoms with E-state index in [0.29, 0.717) is 0 Å². The Morgan fingerprint density at radius 2 is 0.250 bits per heavy atom. The van der Waals surface area contributed by atoms with E-state index in [0.717, 1.165) is 0 Å². The van der Waals surface area contributed by atoms with Crippen LogP contribution in [0.15, 0.2) is 0 Å². The van der Waals surface area contributed by atoms with Crippen molar-refractivity contribution in [1.29, 1.82) is 0 Å². The molecule has 0 fully saturated rings. The molecule has 0 spiro atoms. The maximum absolute atomic E-state index is 0. The molecule has 0 nitrogen and oxygen atoms in total. The average molecular weight is 1150 g/mol. The predicted molar refractivity (Wildman–Crippen MR) is 17.3 cm³/mol. The van der Waals surface area contributed by atoms with E-state index < -0.39 is 0 Å². The summed E-state index contributed by atoms with van der Waals surface area (Å²) in [6.45, 7) is 0. The molecule has 8 heteroatoms. The molecule has 0 atom stereocenters. The third kappa shape index (κ3) is 40.1. The van der Waals surface area contributed by atoms with Gasteiger partial charge in [0.25, 0.3) is 0 Å². The van der Waals surface area contributed by atoms with E-state index in [1.165, 1.54) is 0 Å². The van der Waals surface area contributed by atoms with Crippen molar-refractivity contribution in [3.05, 3.63) is 0 Å². The van der Waals surface area contributed by atoms with E-state index in [4.69, 9.17) is 0 Å². The van der Waals surface area contributed by atoms with Crippen molar-refractivity contribution < 1.29 is 102 Å². The first-order valence-corrected chi connectivity index (χ1v) is 0. The number of rotatable bonds is 0. The Bertz CT molecular complexity index is 7.64. The van der Waals surface area contributed by atoms with Crippen LogP contribution in [0.1, 0.15) is 0 Å². The minimum atomic E-state index is 0. The van der Waals surface area contributed by atoms with E-state index in [9.17, 15) is 0 Å². The Balaban J connectivity index is 0. The SMILES string of the molecule is [Pb].[Pb].[Pb].[Pd].[Pd].[Pd].[Pd].[Pd]. The van der Waals surface area contributed by atoms with Crippen molar-refractivity contribution in [2.24, 2.45) is 0 Å². The fourth-order valence-corrected chi connectivity index (χ4v) is 0. The molecule has 0 heterocycles. The summed E-state index contributed by atoms with van der Waals surface area (Å²) in [4.78, 5) is 0. The van der Waals surface area contributed by atoms with Gasteiger partial charge in [-0.3, -0.25) is 0 Å². The summed E-state index contributed by atoms with van der Waals surface area (Å²) in [5.41, 5.74) is 0. The molecule has 8 heavy (non-hydrogen) atoms. The average Bonchev–Trinajstić information content (AvgIpc) is 0. The monoisotopic (exact) mass is 1150 g/mol. The van der Waals surface area contributed by atoms with Crippen molar-refractivity contribution in [3.63, 3.8) is 0 Å². The molecule has 62 valence electrons. The molecule has 0 bridgehead atoms. The first-order valence-electron chi connectivity index (χ1n) is 0. The van der Waals surface area contributed by atoms with Gasteiger partial charge in [0, 0.05) is 184 Å². The maximum Gasteiger partial charge on any atom is 0 e. The molecule has 0 aromatic carbocycles. The van der Waals surface area contributed by atoms with Crippen LogP contribution in [0.4, 0.5) is 0 Å². The topological polar surface area (TPSA) is 0 Å². The van der Waals surface area contributed by atoms with Gasteiger partial charge in [-0.2, -0.15) is 0 Å². The molecule has 0 aromatic rings. The quantitative estimate of drug-likeness (QED) is 0.270. The fraction of sp³-hybridized carbons (Fsp3) is 0. The van der Waals surface area contributed by atoms with Gasteiger partial charge in [0.15, 0.2) is 0 Å². The summed E-state index contributed by atoms with van der Waals surface area (Å²) in [6.07, 6.45) is 0. The van der Waals surface area contributed by atoms with Crippen molar-refractivity contribution in [2.45, 2.75) is 0 Å². The van der Waals surface area contributed by atoms with Crippen molar-refractivity contribution in [3.8, 4) is 0 Å². The van der Waals surface area contributed by atoms with Gasteiger partial charge in [0.05, 0.1) is 0 Å². The second kappa shape index (κ2) is 51.6. The fourth-order valence-electron chi connectivity index (χ4n) is 0. The molecular weight excluding hydrogens is 1150 g/mol. The second-order valence-electron chi connectivity index (χ2n) is 0. The Morgan fingerprint density at radius 1 is 0.250 bits per heavy atom. The van der Waals surface area contributed by atoms with E-state index in [1.807, 2.05) is 0 Å². The van der Waals surface area contributed by atoms with E-state index in [-0.39, 0.29) is 184 Å². The van der Waals surface area contributed by atoms with Gasteiger partial charge in [0.1, 0.15) is 0 Å². The van der Waals surface area contributed by atoms with E-state index >= 15 is 0 Å². The van der Waals surface area contributed by atoms with Crippen molar-refractivity contribution >= 4 is 81.9 Å². The molecule has 12 radical (unpaired) electrons. The van der Waals surface area contributed by atoms with Crippen LogP contribution < -0.4 is 0 Å². The van der Waals surface area contributed by atoms with Crippen LogP contribution in [-0.4, -0.2) is 81.9 Å². The van der Waals surface area contributed by atoms with Gasteiger partial charge < -0.3 is 0 Å². The first-order chi connectivity index (χ1) is 0. The minimum absolute atomic E-state index is 0. The van der Waals surface area contributed by atoms with E-state index in [2.05, 4.69) is 0 Å². The van der Waals surface area contributed by atoms with Crippen LogP contribution in [0, 0.1) is 0 Å². The molecule has 0 amide bonds. The normalized spacial score (nSPS) is 0. The smallest absolute Gasteiger partial charge is 0 e. The van der Waals surface area contributed by atoms with E-state index in [1.54, 1.807) is 0 Å². The van der Waals surface area contributed by atoms with Crippen LogP contribution in [0.5, 0.6) is 0 Å². The van der Waals surface area contributed by atoms with Crippen LogP contribution >= 0.6 is 0 Å². The summed E-state index contributed by atoms with van der Waals surface area (Å²) >= 11 is 0. The molecule has 0 rings (SSSR count). The van der Waals surface area contributed by atoms with Gasteiger partial charge in [-0.25, -0.2) is 0 Å². The molecule has 0 saturated carbocycles. The van der Waals surface area contributed by atoms with Gasteiger partial charge in [-0.15, -0.1) is 0 Å². The van der Waals surface area contributed by atoms with Gasteiger partial charge in [-0.05, 0) is 0 Å². The van der Waals surface area contributed by atoms with Crippen LogP contribution in [0.25, 0.3) is 0 Å². The Morgan fingerprint density at radius 3 is 0.250 bits per heavy atom. The zero-order valence-electron chi connectivity index (χ0n) is 3.08. The molecule has 0 saturated heterocycles. The Hall–Kier alpha value is 6.08. The van der Waals surface area contributed by atoms with Gasteiger partial charge in [-0.1, -0.05) is 0 Å². The van der Waals surface area contributed by atoms with Crippen molar-refractivity contribution in [2.75, 3.05) is 0 Å². The third-order valence-corrected chi connectivity index (χ3v) is 0. The Kier molecular flexibility index (Phi) is 421. The Labute approximate surface area is 179 Å². The van der Waals surface area contributed by atoms with Crippen LogP contribution in [0.3, 0.4) is 0 Å². The molecule has 0 aromatic heterocycles. The summed E-state index contributed by atoms with van der Waals surface area (Å²) in [6, 6.07) is 0. The molecule has 0 aliphatic heterocycles. The second-order valence-corrected chi connectivity index (χ2v) is 0. The molecule has 0 unspecified atom stereocenters. The minimum Gasteiger partial charge on any atom is 0 e. The molecule has 0 N–H and O–H groups in total. The number of hydrogen-bond acceptors (Lipinski definition) is 0. The van der Waals surface area contributed by atoms with Crippen molar-refractivity contribution in [1.82, 2.24) is 0 Å². The van der Waals surface area contributed by atoms with Gasteiger partial charge >= 0.3 is 0 Å². The third-order valence-electron chi connectivity index (χ3n) is 0. The van der Waals surface area contributed by atoms with Gasteiger partial charge in [0.2, 0.25) is 0 Å². The summed E-state index contributed by atoms with van der Waals surface area (Å²) in [5.74, 6) is 0. The zero-order chi connectivity index (χ0) is 0. The molecular formula is Pb3Pd5. The van der Waals surface area contributed by atoms with Crippen LogP contribution in [-0.2, 0) is 102 Å². The molecule has 0 aliphatic carbocycles. The molecule has 0 aliphatic rings. The summed E-state index contributed by atoms with van der Waals surface area (Å²) < 4.78 is 0. The summed E-state index contributed by atoms with van der Waals surface area (Å²) in [5, 5.41) is 0. The predicted octanol–water partition coefficient (Wildman–Crippen LogP) is -1.15.